The number of piperidine rings is 1. The fourth-order valence-corrected chi connectivity index (χ4v) is 4.50. The summed E-state index contributed by atoms with van der Waals surface area (Å²) in [5.74, 6) is 1.78. The molecule has 1 amide bonds. The van der Waals surface area contributed by atoms with Crippen molar-refractivity contribution >= 4 is 27.6 Å². The van der Waals surface area contributed by atoms with Crippen molar-refractivity contribution in [1.82, 2.24) is 4.90 Å². The fourth-order valence-electron chi connectivity index (χ4n) is 4.50. The lowest BCUT2D eigenvalue weighted by Gasteiger charge is -2.25. The molecule has 34 heavy (non-hydrogen) atoms. The van der Waals surface area contributed by atoms with Gasteiger partial charge in [0.25, 0.3) is 0 Å². The molecule has 0 bridgehead atoms. The Hall–Kier alpha value is -2.95. The van der Waals surface area contributed by atoms with Crippen molar-refractivity contribution in [3.05, 3.63) is 48.0 Å². The Kier molecular flexibility index (Phi) is 8.51. The Balaban J connectivity index is 1.69. The lowest BCUT2D eigenvalue weighted by atomic mass is 9.98. The van der Waals surface area contributed by atoms with Crippen LogP contribution in [0.2, 0.25) is 0 Å². The molecule has 0 radical (unpaired) electrons. The molecule has 3 aromatic rings. The molecule has 1 saturated heterocycles. The van der Waals surface area contributed by atoms with Crippen LogP contribution in [-0.4, -0.2) is 37.3 Å². The van der Waals surface area contributed by atoms with Gasteiger partial charge in [-0.15, -0.1) is 0 Å². The summed E-state index contributed by atoms with van der Waals surface area (Å²) in [5, 5.41) is 4.17. The van der Waals surface area contributed by atoms with Gasteiger partial charge in [0.05, 0.1) is 13.2 Å². The van der Waals surface area contributed by atoms with Crippen LogP contribution in [0, 0.1) is 0 Å². The number of amides is 1. The van der Waals surface area contributed by atoms with Gasteiger partial charge in [0.2, 0.25) is 0 Å². The summed E-state index contributed by atoms with van der Waals surface area (Å²) in [6.45, 7) is 7.51. The van der Waals surface area contributed by atoms with Gasteiger partial charge >= 0.3 is 6.09 Å². The Morgan fingerprint density at radius 3 is 2.00 bits per heavy atom. The van der Waals surface area contributed by atoms with Crippen LogP contribution in [0.1, 0.15) is 64.4 Å². The molecule has 1 fully saturated rings. The highest BCUT2D eigenvalue weighted by Crippen LogP contribution is 2.43. The molecule has 1 aliphatic rings. The minimum absolute atomic E-state index is 0.221. The summed E-state index contributed by atoms with van der Waals surface area (Å²) >= 11 is 0. The van der Waals surface area contributed by atoms with E-state index in [-0.39, 0.29) is 12.7 Å². The molecule has 4 rings (SSSR count). The molecular formula is C29H37NO4. The first-order valence-corrected chi connectivity index (χ1v) is 12.9. The first kappa shape index (κ1) is 24.2. The molecule has 0 saturated carbocycles. The molecular weight excluding hydrogens is 426 g/mol. The van der Waals surface area contributed by atoms with Gasteiger partial charge in [-0.3, -0.25) is 0 Å². The lowest BCUT2D eigenvalue weighted by Crippen LogP contribution is -2.35. The molecule has 0 aromatic heterocycles. The van der Waals surface area contributed by atoms with E-state index in [9.17, 15) is 4.79 Å². The summed E-state index contributed by atoms with van der Waals surface area (Å²) in [6.07, 6.45) is 7.24. The first-order chi connectivity index (χ1) is 16.7. The van der Waals surface area contributed by atoms with E-state index in [1.54, 1.807) is 0 Å². The summed E-state index contributed by atoms with van der Waals surface area (Å²) < 4.78 is 18.3. The summed E-state index contributed by atoms with van der Waals surface area (Å²) in [6, 6.07) is 14.5. The van der Waals surface area contributed by atoms with Crippen LogP contribution in [0.4, 0.5) is 4.79 Å². The van der Waals surface area contributed by atoms with Crippen LogP contribution in [0.3, 0.4) is 0 Å². The maximum atomic E-state index is 12.5. The molecule has 5 nitrogen and oxygen atoms in total. The van der Waals surface area contributed by atoms with E-state index in [0.29, 0.717) is 13.2 Å². The second-order valence-electron chi connectivity index (χ2n) is 9.09. The van der Waals surface area contributed by atoms with Gasteiger partial charge < -0.3 is 19.1 Å². The first-order valence-electron chi connectivity index (χ1n) is 12.9. The highest BCUT2D eigenvalue weighted by atomic mass is 16.6. The lowest BCUT2D eigenvalue weighted by molar-refractivity contribution is 0.0895. The van der Waals surface area contributed by atoms with Crippen molar-refractivity contribution in [2.24, 2.45) is 0 Å². The SMILES string of the molecule is CCCCOc1c2ccccc2c(OCCCC)c2cc(COC(=O)N3CCCCC3)ccc12. The number of likely N-dealkylation sites (tertiary alicyclic amines) is 1. The number of unbranched alkanes of at least 4 members (excludes halogenated alkanes) is 2. The average Bonchev–Trinajstić information content (AvgIpc) is 2.89. The van der Waals surface area contributed by atoms with E-state index in [1.165, 1.54) is 6.42 Å². The van der Waals surface area contributed by atoms with Gasteiger partial charge in [0.1, 0.15) is 18.1 Å². The van der Waals surface area contributed by atoms with Gasteiger partial charge in [-0.25, -0.2) is 4.79 Å². The standard InChI is InChI=1S/C29H37NO4/c1-3-5-18-32-27-23-12-8-9-13-24(23)28(33-19-6-4-2)26-20-22(14-15-25(26)27)21-34-29(31)30-16-10-7-11-17-30/h8-9,12-15,20H,3-7,10-11,16-19,21H2,1-2H3. The zero-order valence-corrected chi connectivity index (χ0v) is 20.6. The van der Waals surface area contributed by atoms with Crippen molar-refractivity contribution < 1.29 is 19.0 Å². The quantitative estimate of drug-likeness (QED) is 0.231. The smallest absolute Gasteiger partial charge is 0.410 e. The van der Waals surface area contributed by atoms with Crippen molar-refractivity contribution in [2.45, 2.75) is 65.4 Å². The Morgan fingerprint density at radius 2 is 1.38 bits per heavy atom. The topological polar surface area (TPSA) is 48.0 Å². The zero-order valence-electron chi connectivity index (χ0n) is 20.6. The number of ether oxygens (including phenoxy) is 3. The largest absolute Gasteiger partial charge is 0.492 e. The Bertz CT molecular complexity index is 1100. The molecule has 1 aliphatic heterocycles. The molecule has 5 heteroatoms. The average molecular weight is 464 g/mol. The highest BCUT2D eigenvalue weighted by molar-refractivity contribution is 6.11. The van der Waals surface area contributed by atoms with E-state index < -0.39 is 0 Å². The van der Waals surface area contributed by atoms with Crippen molar-refractivity contribution in [2.75, 3.05) is 26.3 Å². The predicted molar refractivity (Wildman–Crippen MR) is 138 cm³/mol. The number of hydrogen-bond donors (Lipinski definition) is 0. The van der Waals surface area contributed by atoms with Crippen molar-refractivity contribution in [3.63, 3.8) is 0 Å². The van der Waals surface area contributed by atoms with E-state index in [4.69, 9.17) is 14.2 Å². The molecule has 0 unspecified atom stereocenters. The molecule has 0 atom stereocenters. The predicted octanol–water partition coefficient (Wildman–Crippen LogP) is 7.47. The monoisotopic (exact) mass is 463 g/mol. The Morgan fingerprint density at radius 1 is 0.794 bits per heavy atom. The van der Waals surface area contributed by atoms with Gasteiger partial charge in [-0.2, -0.15) is 0 Å². The zero-order chi connectivity index (χ0) is 23.8. The number of carbonyl (C=O) groups is 1. The third-order valence-electron chi connectivity index (χ3n) is 6.45. The van der Waals surface area contributed by atoms with Gasteiger partial charge in [0.15, 0.2) is 0 Å². The van der Waals surface area contributed by atoms with E-state index in [2.05, 4.69) is 38.1 Å². The third kappa shape index (κ3) is 5.57. The normalized spacial score (nSPS) is 13.9. The van der Waals surface area contributed by atoms with Crippen LogP contribution < -0.4 is 9.47 Å². The maximum Gasteiger partial charge on any atom is 0.410 e. The molecule has 0 N–H and O–H groups in total. The number of carbonyl (C=O) groups excluding carboxylic acids is 1. The van der Waals surface area contributed by atoms with Gasteiger partial charge in [-0.05, 0) is 43.7 Å². The minimum atomic E-state index is -0.221. The summed E-state index contributed by atoms with van der Waals surface area (Å²) in [7, 11) is 0. The number of nitrogens with zero attached hydrogens (tertiary/aromatic N) is 1. The molecule has 1 heterocycles. The number of benzene rings is 3. The van der Waals surface area contributed by atoms with Crippen LogP contribution in [0.15, 0.2) is 42.5 Å². The number of fused-ring (bicyclic) bond motifs is 2. The molecule has 0 spiro atoms. The maximum absolute atomic E-state index is 12.5. The minimum Gasteiger partial charge on any atom is -0.492 e. The van der Waals surface area contributed by atoms with Crippen LogP contribution in [0.5, 0.6) is 11.5 Å². The van der Waals surface area contributed by atoms with Crippen LogP contribution in [0.25, 0.3) is 21.5 Å². The highest BCUT2D eigenvalue weighted by Gasteiger charge is 2.19. The molecule has 3 aromatic carbocycles. The summed E-state index contributed by atoms with van der Waals surface area (Å²) in [5.41, 5.74) is 0.952. The Labute approximate surface area is 203 Å². The van der Waals surface area contributed by atoms with Crippen LogP contribution >= 0.6 is 0 Å². The van der Waals surface area contributed by atoms with E-state index in [0.717, 1.165) is 90.2 Å². The van der Waals surface area contributed by atoms with Gasteiger partial charge in [-0.1, -0.05) is 63.1 Å². The van der Waals surface area contributed by atoms with Gasteiger partial charge in [0, 0.05) is 34.6 Å². The number of hydrogen-bond acceptors (Lipinski definition) is 4. The van der Waals surface area contributed by atoms with Crippen molar-refractivity contribution in [3.8, 4) is 11.5 Å². The number of rotatable bonds is 10. The second-order valence-corrected chi connectivity index (χ2v) is 9.09. The van der Waals surface area contributed by atoms with E-state index >= 15 is 0 Å². The fraction of sp³-hybridized carbons (Fsp3) is 0.483. The summed E-state index contributed by atoms with van der Waals surface area (Å²) in [4.78, 5) is 14.3. The van der Waals surface area contributed by atoms with Crippen molar-refractivity contribution in [1.29, 1.82) is 0 Å². The van der Waals surface area contributed by atoms with E-state index in [1.807, 2.05) is 23.1 Å². The second kappa shape index (κ2) is 12.0. The molecule has 0 aliphatic carbocycles. The van der Waals surface area contributed by atoms with Crippen LogP contribution in [-0.2, 0) is 11.3 Å². The third-order valence-corrected chi connectivity index (χ3v) is 6.45. The molecule has 182 valence electrons.